The van der Waals surface area contributed by atoms with Gasteiger partial charge in [-0.25, -0.2) is 9.37 Å². The number of aromatic nitrogens is 2. The van der Waals surface area contributed by atoms with E-state index < -0.39 is 23.2 Å². The number of halogens is 1. The van der Waals surface area contributed by atoms with Crippen LogP contribution in [0.1, 0.15) is 30.7 Å². The summed E-state index contributed by atoms with van der Waals surface area (Å²) in [5.41, 5.74) is -0.0236. The maximum Gasteiger partial charge on any atom is 0.313 e. The minimum Gasteiger partial charge on any atom is -0.336 e. The second-order valence-corrected chi connectivity index (χ2v) is 7.46. The van der Waals surface area contributed by atoms with Crippen LogP contribution in [0.4, 0.5) is 10.1 Å². The predicted octanol–water partition coefficient (Wildman–Crippen LogP) is 3.35. The second-order valence-electron chi connectivity index (χ2n) is 6.57. The van der Waals surface area contributed by atoms with Crippen molar-refractivity contribution < 1.29 is 14.0 Å². The first-order valence-electron chi connectivity index (χ1n) is 8.65. The molecule has 3 aromatic rings. The number of anilines is 1. The molecule has 1 saturated carbocycles. The van der Waals surface area contributed by atoms with Crippen molar-refractivity contribution in [3.8, 4) is 0 Å². The SMILES string of the molecule is O=C(Nc1cnc2c(F)cccc2c1)C(=O)NC1(c2nccs2)CCCC1. The van der Waals surface area contributed by atoms with E-state index in [-0.39, 0.29) is 5.52 Å². The first kappa shape index (κ1) is 17.5. The summed E-state index contributed by atoms with van der Waals surface area (Å²) in [7, 11) is 0. The van der Waals surface area contributed by atoms with E-state index in [0.29, 0.717) is 11.1 Å². The Bertz CT molecular complexity index is 1000. The molecule has 0 aliphatic heterocycles. The summed E-state index contributed by atoms with van der Waals surface area (Å²) in [6.07, 6.45) is 6.50. The summed E-state index contributed by atoms with van der Waals surface area (Å²) in [5.74, 6) is -1.93. The summed E-state index contributed by atoms with van der Waals surface area (Å²) >= 11 is 1.48. The molecule has 0 saturated heterocycles. The lowest BCUT2D eigenvalue weighted by Crippen LogP contribution is -2.48. The van der Waals surface area contributed by atoms with Gasteiger partial charge in [0.25, 0.3) is 0 Å². The first-order valence-corrected chi connectivity index (χ1v) is 9.53. The van der Waals surface area contributed by atoms with E-state index in [1.165, 1.54) is 23.6 Å². The largest absolute Gasteiger partial charge is 0.336 e. The number of fused-ring (bicyclic) bond motifs is 1. The highest BCUT2D eigenvalue weighted by Gasteiger charge is 2.40. The van der Waals surface area contributed by atoms with Crippen LogP contribution in [-0.4, -0.2) is 21.8 Å². The van der Waals surface area contributed by atoms with E-state index in [2.05, 4.69) is 20.6 Å². The fourth-order valence-corrected chi connectivity index (χ4v) is 4.34. The zero-order chi connectivity index (χ0) is 18.9. The van der Waals surface area contributed by atoms with Gasteiger partial charge in [-0.1, -0.05) is 25.0 Å². The van der Waals surface area contributed by atoms with Gasteiger partial charge >= 0.3 is 11.8 Å². The number of carbonyl (C=O) groups is 2. The topological polar surface area (TPSA) is 84.0 Å². The molecule has 2 amide bonds. The molecule has 2 heterocycles. The third kappa shape index (κ3) is 3.40. The Morgan fingerprint density at radius 2 is 1.96 bits per heavy atom. The molecule has 0 radical (unpaired) electrons. The van der Waals surface area contributed by atoms with E-state index in [1.54, 1.807) is 24.4 Å². The van der Waals surface area contributed by atoms with Crippen LogP contribution in [0.2, 0.25) is 0 Å². The highest BCUT2D eigenvalue weighted by atomic mass is 32.1. The molecule has 1 aliphatic rings. The molecule has 6 nitrogen and oxygen atoms in total. The molecular weight excluding hydrogens is 367 g/mol. The molecule has 2 aromatic heterocycles. The molecule has 138 valence electrons. The molecule has 27 heavy (non-hydrogen) atoms. The van der Waals surface area contributed by atoms with Gasteiger partial charge in [0.05, 0.1) is 17.4 Å². The molecule has 8 heteroatoms. The van der Waals surface area contributed by atoms with Crippen molar-refractivity contribution in [3.63, 3.8) is 0 Å². The van der Waals surface area contributed by atoms with Gasteiger partial charge in [0.2, 0.25) is 0 Å². The van der Waals surface area contributed by atoms with Crippen LogP contribution in [0.5, 0.6) is 0 Å². The van der Waals surface area contributed by atoms with Crippen molar-refractivity contribution in [1.82, 2.24) is 15.3 Å². The second kappa shape index (κ2) is 7.03. The van der Waals surface area contributed by atoms with Crippen molar-refractivity contribution in [1.29, 1.82) is 0 Å². The summed E-state index contributed by atoms with van der Waals surface area (Å²) in [6, 6.07) is 6.16. The molecule has 0 spiro atoms. The Balaban J connectivity index is 1.50. The third-order valence-corrected chi connectivity index (χ3v) is 5.75. The van der Waals surface area contributed by atoms with Crippen molar-refractivity contribution in [2.45, 2.75) is 31.2 Å². The van der Waals surface area contributed by atoms with E-state index in [0.717, 1.165) is 30.7 Å². The van der Waals surface area contributed by atoms with E-state index in [1.807, 2.05) is 5.38 Å². The zero-order valence-electron chi connectivity index (χ0n) is 14.4. The van der Waals surface area contributed by atoms with Gasteiger partial charge in [-0.2, -0.15) is 0 Å². The summed E-state index contributed by atoms with van der Waals surface area (Å²) in [5, 5.41) is 8.64. The predicted molar refractivity (Wildman–Crippen MR) is 101 cm³/mol. The number of pyridine rings is 1. The van der Waals surface area contributed by atoms with Crippen LogP contribution < -0.4 is 10.6 Å². The number of nitrogens with one attached hydrogen (secondary N) is 2. The lowest BCUT2D eigenvalue weighted by molar-refractivity contribution is -0.137. The number of thiazole rings is 1. The Hall–Kier alpha value is -2.87. The Kier molecular flexibility index (Phi) is 4.57. The lowest BCUT2D eigenvalue weighted by atomic mass is 9.98. The van der Waals surface area contributed by atoms with Crippen LogP contribution >= 0.6 is 11.3 Å². The van der Waals surface area contributed by atoms with Crippen molar-refractivity contribution in [3.05, 3.63) is 52.9 Å². The molecular formula is C19H17FN4O2S. The van der Waals surface area contributed by atoms with Gasteiger partial charge in [0.1, 0.15) is 16.3 Å². The molecule has 0 atom stereocenters. The van der Waals surface area contributed by atoms with E-state index >= 15 is 0 Å². The standard InChI is InChI=1S/C19H17FN4O2S/c20-14-5-3-4-12-10-13(11-22-15(12)14)23-16(25)17(26)24-19(6-1-2-7-19)18-21-8-9-27-18/h3-5,8-11H,1-2,6-7H2,(H,23,25)(H,24,26). The average molecular weight is 384 g/mol. The summed E-state index contributed by atoms with van der Waals surface area (Å²) in [6.45, 7) is 0. The third-order valence-electron chi connectivity index (χ3n) is 4.78. The van der Waals surface area contributed by atoms with Crippen LogP contribution in [0.25, 0.3) is 10.9 Å². The fourth-order valence-electron chi connectivity index (χ4n) is 3.48. The minimum atomic E-state index is -0.782. The highest BCUT2D eigenvalue weighted by molar-refractivity contribution is 7.09. The normalized spacial score (nSPS) is 15.6. The van der Waals surface area contributed by atoms with Gasteiger partial charge in [-0.05, 0) is 25.0 Å². The number of para-hydroxylation sites is 1. The highest BCUT2D eigenvalue weighted by Crippen LogP contribution is 2.39. The van der Waals surface area contributed by atoms with Gasteiger partial charge in [-0.3, -0.25) is 14.6 Å². The monoisotopic (exact) mass is 384 g/mol. The fraction of sp³-hybridized carbons (Fsp3) is 0.263. The van der Waals surface area contributed by atoms with E-state index in [9.17, 15) is 14.0 Å². The molecule has 0 unspecified atom stereocenters. The quantitative estimate of drug-likeness (QED) is 0.678. The number of rotatable bonds is 3. The number of amides is 2. The molecule has 0 bridgehead atoms. The Morgan fingerprint density at radius 3 is 2.70 bits per heavy atom. The average Bonchev–Trinajstić information content (AvgIpc) is 3.34. The van der Waals surface area contributed by atoms with Gasteiger partial charge in [0.15, 0.2) is 0 Å². The Morgan fingerprint density at radius 1 is 1.15 bits per heavy atom. The van der Waals surface area contributed by atoms with Crippen molar-refractivity contribution in [2.24, 2.45) is 0 Å². The zero-order valence-corrected chi connectivity index (χ0v) is 15.2. The van der Waals surface area contributed by atoms with Crippen molar-refractivity contribution >= 4 is 39.7 Å². The Labute approximate surface area is 158 Å². The number of nitrogens with zero attached hydrogens (tertiary/aromatic N) is 2. The number of hydrogen-bond acceptors (Lipinski definition) is 5. The number of carbonyl (C=O) groups excluding carboxylic acids is 2. The van der Waals surface area contributed by atoms with Crippen LogP contribution in [0.3, 0.4) is 0 Å². The van der Waals surface area contributed by atoms with Crippen molar-refractivity contribution in [2.75, 3.05) is 5.32 Å². The van der Waals surface area contributed by atoms with Crippen LogP contribution in [0, 0.1) is 5.82 Å². The van der Waals surface area contributed by atoms with Gasteiger partial charge in [0, 0.05) is 17.0 Å². The maximum absolute atomic E-state index is 13.7. The smallest absolute Gasteiger partial charge is 0.313 e. The van der Waals surface area contributed by atoms with Gasteiger partial charge in [-0.15, -0.1) is 11.3 Å². The van der Waals surface area contributed by atoms with Gasteiger partial charge < -0.3 is 10.6 Å². The molecule has 1 aliphatic carbocycles. The number of benzene rings is 1. The van der Waals surface area contributed by atoms with E-state index in [4.69, 9.17) is 0 Å². The molecule has 1 aromatic carbocycles. The lowest BCUT2D eigenvalue weighted by Gasteiger charge is -2.27. The minimum absolute atomic E-state index is 0.216. The summed E-state index contributed by atoms with van der Waals surface area (Å²) in [4.78, 5) is 33.2. The molecule has 1 fully saturated rings. The number of hydrogen-bond donors (Lipinski definition) is 2. The van der Waals surface area contributed by atoms with Crippen LogP contribution in [-0.2, 0) is 15.1 Å². The maximum atomic E-state index is 13.7. The van der Waals surface area contributed by atoms with Crippen LogP contribution in [0.15, 0.2) is 42.0 Å². The molecule has 2 N–H and O–H groups in total. The summed E-state index contributed by atoms with van der Waals surface area (Å²) < 4.78 is 13.7. The molecule has 4 rings (SSSR count). The first-order chi connectivity index (χ1) is 13.1.